The molecule has 3 N–H and O–H groups in total. The molecule has 0 aliphatic carbocycles. The first kappa shape index (κ1) is 96.1. The fraction of sp³-hybridized carbons (Fsp3) is 0.949. The standard InChI is InChI=1S/C79H154O17P2/c1-7-10-12-14-16-18-20-22-23-27-31-38-44-50-56-62-77(82)90-67-74(95-78(83)63-57-51-45-39-32-28-25-24-26-29-36-42-48-54-60-72(6)9-3)69-93-97(85,86)91-65-73(80)66-92-98(87,88)94-70-75(68-89-76(81)61-55-49-43-37-30-21-19-17-15-13-11-8-2)96-79(84)64-58-52-46-40-34-33-35-41-47-53-59-71(4)5/h71-75,80H,7-70H2,1-6H3,(H,85,86)(H,87,88)/t72?,73-,74-,75-/m1/s1. The van der Waals surface area contributed by atoms with Crippen LogP contribution in [0, 0.1) is 11.8 Å². The third kappa shape index (κ3) is 71.1. The first-order valence-electron chi connectivity index (χ1n) is 41.0. The lowest BCUT2D eigenvalue weighted by molar-refractivity contribution is -0.161. The van der Waals surface area contributed by atoms with E-state index in [1.807, 2.05) is 0 Å². The van der Waals surface area contributed by atoms with Crippen LogP contribution >= 0.6 is 15.6 Å². The Morgan fingerprint density at radius 3 is 0.776 bits per heavy atom. The summed E-state index contributed by atoms with van der Waals surface area (Å²) >= 11 is 0. The van der Waals surface area contributed by atoms with Crippen LogP contribution in [0.3, 0.4) is 0 Å². The van der Waals surface area contributed by atoms with Crippen molar-refractivity contribution in [3.05, 3.63) is 0 Å². The normalized spacial score (nSPS) is 14.2. The number of ether oxygens (including phenoxy) is 4. The first-order chi connectivity index (χ1) is 47.4. The molecule has 0 aromatic carbocycles. The zero-order valence-electron chi connectivity index (χ0n) is 64.1. The molecule has 0 aromatic heterocycles. The molecular weight excluding hydrogens is 1280 g/mol. The van der Waals surface area contributed by atoms with Gasteiger partial charge in [0.15, 0.2) is 12.2 Å². The van der Waals surface area contributed by atoms with E-state index in [-0.39, 0.29) is 25.7 Å². The van der Waals surface area contributed by atoms with E-state index in [4.69, 9.17) is 37.0 Å². The van der Waals surface area contributed by atoms with E-state index in [2.05, 4.69) is 41.5 Å². The molecule has 0 aliphatic rings. The number of carbonyl (C=O) groups excluding carboxylic acids is 4. The van der Waals surface area contributed by atoms with E-state index in [0.717, 1.165) is 102 Å². The molecule has 0 heterocycles. The molecule has 0 saturated heterocycles. The maximum atomic E-state index is 13.1. The molecule has 0 aromatic rings. The summed E-state index contributed by atoms with van der Waals surface area (Å²) in [5, 5.41) is 10.6. The molecule has 98 heavy (non-hydrogen) atoms. The van der Waals surface area contributed by atoms with Crippen molar-refractivity contribution in [1.82, 2.24) is 0 Å². The molecule has 0 bridgehead atoms. The lowest BCUT2D eigenvalue weighted by Gasteiger charge is -2.21. The molecule has 19 heteroatoms. The monoisotopic (exact) mass is 1440 g/mol. The van der Waals surface area contributed by atoms with Crippen molar-refractivity contribution in [2.75, 3.05) is 39.6 Å². The van der Waals surface area contributed by atoms with Crippen LogP contribution in [0.2, 0.25) is 0 Å². The molecule has 0 rings (SSSR count). The summed E-state index contributed by atoms with van der Waals surface area (Å²) in [6.07, 6.45) is 59.4. The highest BCUT2D eigenvalue weighted by molar-refractivity contribution is 7.47. The second kappa shape index (κ2) is 70.7. The van der Waals surface area contributed by atoms with Crippen LogP contribution in [0.4, 0.5) is 0 Å². The summed E-state index contributed by atoms with van der Waals surface area (Å²) < 4.78 is 68.7. The Bertz CT molecular complexity index is 1890. The van der Waals surface area contributed by atoms with Crippen molar-refractivity contribution in [3.8, 4) is 0 Å². The Labute approximate surface area is 600 Å². The minimum Gasteiger partial charge on any atom is -0.462 e. The third-order valence-corrected chi connectivity index (χ3v) is 20.7. The smallest absolute Gasteiger partial charge is 0.462 e. The van der Waals surface area contributed by atoms with Gasteiger partial charge in [0.05, 0.1) is 26.4 Å². The summed E-state index contributed by atoms with van der Waals surface area (Å²) in [4.78, 5) is 73.0. The molecule has 0 fully saturated rings. The molecule has 582 valence electrons. The lowest BCUT2D eigenvalue weighted by Crippen LogP contribution is -2.30. The number of rotatable bonds is 78. The van der Waals surface area contributed by atoms with E-state index < -0.39 is 97.5 Å². The Morgan fingerprint density at radius 2 is 0.520 bits per heavy atom. The molecule has 3 unspecified atom stereocenters. The van der Waals surface area contributed by atoms with Crippen LogP contribution in [0.5, 0.6) is 0 Å². The molecular formula is C79H154O17P2. The number of esters is 4. The zero-order valence-corrected chi connectivity index (χ0v) is 65.9. The minimum absolute atomic E-state index is 0.106. The molecule has 0 radical (unpaired) electrons. The second-order valence-corrected chi connectivity index (χ2v) is 32.1. The van der Waals surface area contributed by atoms with Gasteiger partial charge in [0.1, 0.15) is 19.3 Å². The largest absolute Gasteiger partial charge is 0.472 e. The Morgan fingerprint density at radius 1 is 0.296 bits per heavy atom. The highest BCUT2D eigenvalue weighted by atomic mass is 31.2. The van der Waals surface area contributed by atoms with Gasteiger partial charge >= 0.3 is 39.5 Å². The number of aliphatic hydroxyl groups is 1. The van der Waals surface area contributed by atoms with E-state index >= 15 is 0 Å². The van der Waals surface area contributed by atoms with Crippen LogP contribution in [0.1, 0.15) is 414 Å². The Kier molecular flexibility index (Phi) is 69.3. The maximum Gasteiger partial charge on any atom is 0.472 e. The van der Waals surface area contributed by atoms with Crippen LogP contribution in [-0.2, 0) is 65.4 Å². The van der Waals surface area contributed by atoms with Crippen molar-refractivity contribution >= 4 is 39.5 Å². The van der Waals surface area contributed by atoms with Gasteiger partial charge in [-0.25, -0.2) is 9.13 Å². The van der Waals surface area contributed by atoms with Crippen molar-refractivity contribution in [2.24, 2.45) is 11.8 Å². The number of phosphoric ester groups is 2. The summed E-state index contributed by atoms with van der Waals surface area (Å²) in [5.74, 6) is -0.511. The average molecular weight is 1440 g/mol. The topological polar surface area (TPSA) is 237 Å². The summed E-state index contributed by atoms with van der Waals surface area (Å²) in [7, 11) is -9.92. The number of carbonyl (C=O) groups is 4. The van der Waals surface area contributed by atoms with E-state index in [9.17, 15) is 43.2 Å². The van der Waals surface area contributed by atoms with Crippen molar-refractivity contribution in [1.29, 1.82) is 0 Å². The van der Waals surface area contributed by atoms with E-state index in [0.29, 0.717) is 25.7 Å². The fourth-order valence-electron chi connectivity index (χ4n) is 12.2. The molecule has 6 atom stereocenters. The highest BCUT2D eigenvalue weighted by Gasteiger charge is 2.30. The Balaban J connectivity index is 5.26. The molecule has 0 saturated carbocycles. The van der Waals surface area contributed by atoms with Crippen LogP contribution in [0.15, 0.2) is 0 Å². The van der Waals surface area contributed by atoms with Gasteiger partial charge in [-0.15, -0.1) is 0 Å². The first-order valence-corrected chi connectivity index (χ1v) is 44.0. The number of phosphoric acid groups is 2. The zero-order chi connectivity index (χ0) is 72.1. The van der Waals surface area contributed by atoms with Crippen LogP contribution in [0.25, 0.3) is 0 Å². The second-order valence-electron chi connectivity index (χ2n) is 29.2. The van der Waals surface area contributed by atoms with Crippen molar-refractivity contribution in [2.45, 2.75) is 432 Å². The quantitative estimate of drug-likeness (QED) is 0.0222. The number of hydrogen-bond acceptors (Lipinski definition) is 15. The van der Waals surface area contributed by atoms with Gasteiger partial charge in [-0.3, -0.25) is 37.3 Å². The molecule has 0 spiro atoms. The molecule has 17 nitrogen and oxygen atoms in total. The lowest BCUT2D eigenvalue weighted by atomic mass is 9.99. The van der Waals surface area contributed by atoms with Crippen molar-refractivity contribution in [3.63, 3.8) is 0 Å². The average Bonchev–Trinajstić information content (AvgIpc) is 0.942. The SMILES string of the molecule is CCCCCCCCCCCCCCCCCC(=O)OC[C@H](COP(=O)(O)OC[C@@H](O)COP(=O)(O)OC[C@@H](COC(=O)CCCCCCCCCCCCCC)OC(=O)CCCCCCCCCCCCC(C)C)OC(=O)CCCCCCCCCCCCCCCCC(C)CC. The van der Waals surface area contributed by atoms with E-state index in [1.165, 1.54) is 231 Å². The van der Waals surface area contributed by atoms with Gasteiger partial charge in [-0.1, -0.05) is 363 Å². The van der Waals surface area contributed by atoms with Gasteiger partial charge in [0.25, 0.3) is 0 Å². The van der Waals surface area contributed by atoms with Gasteiger partial charge in [-0.05, 0) is 37.5 Å². The predicted molar refractivity (Wildman–Crippen MR) is 400 cm³/mol. The Hall–Kier alpha value is -1.94. The number of unbranched alkanes of at least 4 members (excludes halogenated alkanes) is 47. The van der Waals surface area contributed by atoms with Gasteiger partial charge in [-0.2, -0.15) is 0 Å². The van der Waals surface area contributed by atoms with Crippen LogP contribution < -0.4 is 0 Å². The molecule has 0 amide bonds. The van der Waals surface area contributed by atoms with Crippen molar-refractivity contribution < 1.29 is 80.2 Å². The number of aliphatic hydroxyl groups excluding tert-OH is 1. The summed E-state index contributed by atoms with van der Waals surface area (Å²) in [6, 6.07) is 0. The minimum atomic E-state index is -4.96. The van der Waals surface area contributed by atoms with Gasteiger partial charge < -0.3 is 33.8 Å². The highest BCUT2D eigenvalue weighted by Crippen LogP contribution is 2.45. The molecule has 0 aliphatic heterocycles. The third-order valence-electron chi connectivity index (χ3n) is 18.8. The van der Waals surface area contributed by atoms with Gasteiger partial charge in [0, 0.05) is 25.7 Å². The maximum absolute atomic E-state index is 13.1. The summed E-state index contributed by atoms with van der Waals surface area (Å²) in [5.41, 5.74) is 0. The summed E-state index contributed by atoms with van der Waals surface area (Å²) in [6.45, 7) is 9.67. The van der Waals surface area contributed by atoms with Crippen LogP contribution in [-0.4, -0.2) is 96.7 Å². The predicted octanol–water partition coefficient (Wildman–Crippen LogP) is 23.5. The van der Waals surface area contributed by atoms with E-state index in [1.54, 1.807) is 0 Å². The van der Waals surface area contributed by atoms with Gasteiger partial charge in [0.2, 0.25) is 0 Å². The fourth-order valence-corrected chi connectivity index (χ4v) is 13.7. The number of hydrogen-bond donors (Lipinski definition) is 3.